The van der Waals surface area contributed by atoms with E-state index in [9.17, 15) is 43.8 Å². The van der Waals surface area contributed by atoms with Gasteiger partial charge in [-0.3, -0.25) is 52.7 Å². The third-order valence-corrected chi connectivity index (χ3v) is 18.6. The second-order valence-corrected chi connectivity index (χ2v) is 29.9. The topological polar surface area (TPSA) is 302 Å². The zero-order valence-corrected chi connectivity index (χ0v) is 62.1. The number of nitrogens with one attached hydrogen (secondary N) is 4. The number of hydrogen-bond acceptors (Lipinski definition) is 15. The standard InChI is InChI=1S/C67H122N12O13S/c1-27-29-30-43(13)56(81)55-60(85)70-46(28-2)62(87)77(24)52(93-32-31-72(18)19)36-51(80)73(20)50(37-67(16,17)92)59(84)71-53(41(9)10)65(90)74(21)47(33-38(3)4)58(83)68-44(14)57(82)69-45(15)61(86)75(22)48(34-39(5)6)63(88)76(23)49(35-40(7)8)64(89)78(25)54(42(11)12)66(91)79(55)26/h27,29,38-50,52-56,81,92H,28,30-37H2,1-26H3,(H,68,83)(H,69,82)(H,70,85)(H,71,84)/t43-,44-,45+,46-,47-,48-,49-,50+,52-,53-,54-,55-,56-/m1/s1. The largest absolute Gasteiger partial charge is 0.390 e. The number of carbonyl (C=O) groups is 11. The molecular weight excluding hydrogens is 1210 g/mol. The highest BCUT2D eigenvalue weighted by Gasteiger charge is 2.46. The van der Waals surface area contributed by atoms with Crippen LogP contribution in [0.5, 0.6) is 0 Å². The van der Waals surface area contributed by atoms with Crippen LogP contribution in [0.3, 0.4) is 0 Å². The molecule has 0 unspecified atom stereocenters. The van der Waals surface area contributed by atoms with E-state index in [-0.39, 0.29) is 56.3 Å². The maximum Gasteiger partial charge on any atom is 0.246 e. The molecule has 0 aliphatic carbocycles. The van der Waals surface area contributed by atoms with E-state index < -0.39 is 160 Å². The van der Waals surface area contributed by atoms with Crippen molar-refractivity contribution in [1.29, 1.82) is 0 Å². The fourth-order valence-electron chi connectivity index (χ4n) is 11.4. The Morgan fingerprint density at radius 3 is 1.47 bits per heavy atom. The van der Waals surface area contributed by atoms with Crippen molar-refractivity contribution >= 4 is 76.7 Å². The van der Waals surface area contributed by atoms with E-state index in [1.165, 1.54) is 118 Å². The van der Waals surface area contributed by atoms with Crippen molar-refractivity contribution < 1.29 is 63.0 Å². The van der Waals surface area contributed by atoms with Gasteiger partial charge in [0.15, 0.2) is 0 Å². The number of thioether (sulfide) groups is 1. The van der Waals surface area contributed by atoms with Crippen LogP contribution >= 0.6 is 11.8 Å². The molecule has 1 saturated heterocycles. The van der Waals surface area contributed by atoms with Crippen LogP contribution < -0.4 is 21.3 Å². The summed E-state index contributed by atoms with van der Waals surface area (Å²) < 4.78 is 0. The Hall–Kier alpha value is -5.86. The quantitative estimate of drug-likeness (QED) is 0.101. The lowest BCUT2D eigenvalue weighted by molar-refractivity contribution is -0.157. The van der Waals surface area contributed by atoms with Crippen molar-refractivity contribution in [2.45, 2.75) is 240 Å². The molecule has 0 aromatic rings. The van der Waals surface area contributed by atoms with Crippen LogP contribution in [0.25, 0.3) is 0 Å². The Balaban J connectivity index is 4.49. The van der Waals surface area contributed by atoms with Gasteiger partial charge in [-0.25, -0.2) is 0 Å². The van der Waals surface area contributed by atoms with Crippen LogP contribution in [0, 0.1) is 35.5 Å². The molecule has 0 aromatic carbocycles. The molecule has 11 amide bonds. The average Bonchev–Trinajstić information content (AvgIpc) is 0.826. The zero-order valence-electron chi connectivity index (χ0n) is 61.3. The van der Waals surface area contributed by atoms with Crippen molar-refractivity contribution in [2.75, 3.05) is 75.7 Å². The first-order chi connectivity index (χ1) is 42.8. The van der Waals surface area contributed by atoms with Gasteiger partial charge in [0, 0.05) is 68.1 Å². The summed E-state index contributed by atoms with van der Waals surface area (Å²) in [5.41, 5.74) is -1.54. The molecular formula is C67H122N12O13S. The van der Waals surface area contributed by atoms with E-state index >= 15 is 19.2 Å². The van der Waals surface area contributed by atoms with E-state index in [2.05, 4.69) is 21.3 Å². The van der Waals surface area contributed by atoms with Gasteiger partial charge in [0.25, 0.3) is 0 Å². The summed E-state index contributed by atoms with van der Waals surface area (Å²) >= 11 is 1.29. The lowest BCUT2D eigenvalue weighted by Crippen LogP contribution is -2.63. The lowest BCUT2D eigenvalue weighted by atomic mass is 9.91. The molecule has 1 fully saturated rings. The predicted molar refractivity (Wildman–Crippen MR) is 364 cm³/mol. The van der Waals surface area contributed by atoms with Gasteiger partial charge < -0.3 is 70.7 Å². The number of aliphatic hydroxyl groups is 2. The maximum atomic E-state index is 15.3. The number of rotatable bonds is 19. The number of allylic oxidation sites excluding steroid dienone is 2. The Kier molecular flexibility index (Phi) is 35.4. The summed E-state index contributed by atoms with van der Waals surface area (Å²) in [6, 6.07) is -12.8. The Morgan fingerprint density at radius 2 is 1.01 bits per heavy atom. The van der Waals surface area contributed by atoms with Gasteiger partial charge in [0.05, 0.1) is 23.5 Å². The first-order valence-corrected chi connectivity index (χ1v) is 34.2. The van der Waals surface area contributed by atoms with Crippen molar-refractivity contribution in [3.8, 4) is 0 Å². The van der Waals surface area contributed by atoms with Crippen molar-refractivity contribution in [3.63, 3.8) is 0 Å². The van der Waals surface area contributed by atoms with Crippen LogP contribution in [-0.4, -0.2) is 268 Å². The molecule has 0 saturated carbocycles. The molecule has 6 N–H and O–H groups in total. The second kappa shape index (κ2) is 38.6. The van der Waals surface area contributed by atoms with E-state index in [1.807, 2.05) is 66.6 Å². The van der Waals surface area contributed by atoms with Gasteiger partial charge >= 0.3 is 0 Å². The highest BCUT2D eigenvalue weighted by atomic mass is 32.2. The molecule has 0 bridgehead atoms. The number of nitrogens with zero attached hydrogens (tertiary/aromatic N) is 8. The number of carbonyl (C=O) groups excluding carboxylic acids is 11. The molecule has 1 heterocycles. The zero-order chi connectivity index (χ0) is 72.2. The molecule has 534 valence electrons. The van der Waals surface area contributed by atoms with Crippen molar-refractivity contribution in [2.24, 2.45) is 35.5 Å². The Morgan fingerprint density at radius 1 is 0.548 bits per heavy atom. The minimum absolute atomic E-state index is 0.0279. The Labute approximate surface area is 561 Å². The Bertz CT molecular complexity index is 2540. The smallest absolute Gasteiger partial charge is 0.246 e. The van der Waals surface area contributed by atoms with Crippen molar-refractivity contribution in [3.05, 3.63) is 12.2 Å². The van der Waals surface area contributed by atoms with Gasteiger partial charge in [-0.1, -0.05) is 95.2 Å². The molecule has 26 heteroatoms. The summed E-state index contributed by atoms with van der Waals surface area (Å²) in [5, 5.41) is 33.7. The van der Waals surface area contributed by atoms with Crippen LogP contribution in [0.15, 0.2) is 12.2 Å². The maximum absolute atomic E-state index is 15.3. The lowest BCUT2D eigenvalue weighted by Gasteiger charge is -2.41. The number of hydrogen-bond donors (Lipinski definition) is 6. The van der Waals surface area contributed by atoms with Crippen molar-refractivity contribution in [1.82, 2.24) is 60.5 Å². The number of amides is 11. The first kappa shape index (κ1) is 85.2. The van der Waals surface area contributed by atoms with E-state index in [1.54, 1.807) is 54.5 Å². The molecule has 0 spiro atoms. The van der Waals surface area contributed by atoms with E-state index in [0.717, 1.165) is 4.90 Å². The SMILES string of the molecule is CC=CC[C@@H](C)[C@@H](O)[C@@H]1C(=O)N[C@H](CC)C(=O)N(C)[C@H](SCCN(C)C)CC(=O)N(C)[C@@H](CC(C)(C)O)C(=O)N[C@H](C(C)C)C(=O)N(C)[C@H](CC(C)C)C(=O)N[C@H](C)C(=O)N[C@@H](C)C(=O)N(C)[C@H](CC(C)C)C(=O)N(C)[C@H](CC(C)C)C(=O)N(C)[C@H](C(C)C)C(=O)N1C. The average molecular weight is 1340 g/mol. The summed E-state index contributed by atoms with van der Waals surface area (Å²) in [6.45, 7) is 29.6. The summed E-state index contributed by atoms with van der Waals surface area (Å²) in [4.78, 5) is 173. The fraction of sp³-hybridized carbons (Fsp3) is 0.806. The molecule has 1 rings (SSSR count). The normalized spacial score (nSPS) is 26.8. The van der Waals surface area contributed by atoms with Gasteiger partial charge in [-0.2, -0.15) is 0 Å². The fourth-order valence-corrected chi connectivity index (χ4v) is 12.7. The van der Waals surface area contributed by atoms with E-state index in [0.29, 0.717) is 18.7 Å². The minimum Gasteiger partial charge on any atom is -0.390 e. The molecule has 1 aliphatic heterocycles. The second-order valence-electron chi connectivity index (χ2n) is 28.6. The van der Waals surface area contributed by atoms with Gasteiger partial charge in [0.2, 0.25) is 65.0 Å². The van der Waals surface area contributed by atoms with Crippen LogP contribution in [0.2, 0.25) is 0 Å². The summed E-state index contributed by atoms with van der Waals surface area (Å²) in [5.74, 6) is -9.45. The minimum atomic E-state index is -1.63. The highest BCUT2D eigenvalue weighted by molar-refractivity contribution is 7.99. The van der Waals surface area contributed by atoms with Gasteiger partial charge in [-0.05, 0) is 116 Å². The van der Waals surface area contributed by atoms with Gasteiger partial charge in [0.1, 0.15) is 60.4 Å². The predicted octanol–water partition coefficient (Wildman–Crippen LogP) is 3.39. The third-order valence-electron chi connectivity index (χ3n) is 17.3. The molecule has 93 heavy (non-hydrogen) atoms. The monoisotopic (exact) mass is 1330 g/mol. The molecule has 25 nitrogen and oxygen atoms in total. The number of aliphatic hydroxyl groups excluding tert-OH is 1. The van der Waals surface area contributed by atoms with Crippen LogP contribution in [0.4, 0.5) is 0 Å². The molecule has 0 radical (unpaired) electrons. The molecule has 1 aliphatic rings. The number of likely N-dealkylation sites (N-methyl/N-ethyl adjacent to an activating group) is 7. The molecule has 0 aromatic heterocycles. The van der Waals surface area contributed by atoms with Crippen LogP contribution in [0.1, 0.15) is 163 Å². The highest BCUT2D eigenvalue weighted by Crippen LogP contribution is 2.28. The summed E-state index contributed by atoms with van der Waals surface area (Å²) in [7, 11) is 13.7. The third kappa shape index (κ3) is 25.3. The van der Waals surface area contributed by atoms with Crippen LogP contribution in [-0.2, 0) is 52.7 Å². The van der Waals surface area contributed by atoms with E-state index in [4.69, 9.17) is 0 Å². The molecule has 13 atom stereocenters. The summed E-state index contributed by atoms with van der Waals surface area (Å²) in [6.07, 6.45) is 2.17. The van der Waals surface area contributed by atoms with Gasteiger partial charge in [-0.15, -0.1) is 11.8 Å². The first-order valence-electron chi connectivity index (χ1n) is 33.2.